The quantitative estimate of drug-likeness (QED) is 0.625. The van der Waals surface area contributed by atoms with Gasteiger partial charge in [-0.15, -0.1) is 0 Å². The Labute approximate surface area is 177 Å². The van der Waals surface area contributed by atoms with Gasteiger partial charge in [0.1, 0.15) is 0 Å². The van der Waals surface area contributed by atoms with Crippen molar-refractivity contribution in [3.63, 3.8) is 0 Å². The van der Waals surface area contributed by atoms with Gasteiger partial charge in [0, 0.05) is 47.2 Å². The molecule has 2 N–H and O–H groups in total. The fourth-order valence-electron chi connectivity index (χ4n) is 4.05. The highest BCUT2D eigenvalue weighted by Crippen LogP contribution is 2.26. The molecule has 1 aliphatic rings. The van der Waals surface area contributed by atoms with Crippen LogP contribution in [0, 0.1) is 11.8 Å². The number of aromatic nitrogens is 1. The van der Waals surface area contributed by atoms with Gasteiger partial charge in [0.15, 0.2) is 0 Å². The number of amides is 2. The lowest BCUT2D eigenvalue weighted by atomic mass is 9.94. The first-order valence-electron chi connectivity index (χ1n) is 10.8. The van der Waals surface area contributed by atoms with Crippen molar-refractivity contribution in [2.75, 3.05) is 18.4 Å². The smallest absolute Gasteiger partial charge is 0.227 e. The molecule has 1 atom stereocenters. The van der Waals surface area contributed by atoms with Crippen LogP contribution in [0.1, 0.15) is 33.1 Å². The van der Waals surface area contributed by atoms with Gasteiger partial charge in [-0.05, 0) is 49.1 Å². The number of benzene rings is 2. The normalized spacial score (nSPS) is 15.9. The van der Waals surface area contributed by atoms with E-state index < -0.39 is 0 Å². The van der Waals surface area contributed by atoms with E-state index in [0.717, 1.165) is 41.7 Å². The number of carbonyl (C=O) groups excluding carboxylic acids is 2. The number of carbonyl (C=O) groups is 2. The zero-order valence-electron chi connectivity index (χ0n) is 17.7. The number of piperidine rings is 1. The van der Waals surface area contributed by atoms with Crippen LogP contribution in [0.3, 0.4) is 0 Å². The van der Waals surface area contributed by atoms with Gasteiger partial charge in [-0.25, -0.2) is 0 Å². The first-order chi connectivity index (χ1) is 14.5. The summed E-state index contributed by atoms with van der Waals surface area (Å²) in [6.45, 7) is 5.34. The molecule has 0 spiro atoms. The summed E-state index contributed by atoms with van der Waals surface area (Å²) in [7, 11) is 0. The Morgan fingerprint density at radius 1 is 1.10 bits per heavy atom. The minimum Gasteiger partial charge on any atom is -0.355 e. The summed E-state index contributed by atoms with van der Waals surface area (Å²) in [6, 6.07) is 18.3. The number of para-hydroxylation sites is 1. The maximum Gasteiger partial charge on any atom is 0.227 e. The van der Waals surface area contributed by atoms with E-state index in [4.69, 9.17) is 0 Å². The number of anilines is 1. The number of nitrogens with one attached hydrogen (secondary N) is 2. The third-order valence-electron chi connectivity index (χ3n) is 6.20. The van der Waals surface area contributed by atoms with Crippen LogP contribution in [-0.4, -0.2) is 34.8 Å². The zero-order chi connectivity index (χ0) is 21.1. The number of rotatable bonds is 5. The van der Waals surface area contributed by atoms with Gasteiger partial charge in [-0.2, -0.15) is 0 Å². The average Bonchev–Trinajstić information content (AvgIpc) is 3.23. The second-order valence-corrected chi connectivity index (χ2v) is 8.25. The van der Waals surface area contributed by atoms with Gasteiger partial charge >= 0.3 is 0 Å². The van der Waals surface area contributed by atoms with E-state index in [-0.39, 0.29) is 23.7 Å². The number of aromatic amines is 1. The molecule has 0 saturated carbocycles. The molecule has 0 bridgehead atoms. The third-order valence-corrected chi connectivity index (χ3v) is 6.20. The van der Waals surface area contributed by atoms with Gasteiger partial charge in [0.05, 0.1) is 0 Å². The van der Waals surface area contributed by atoms with Crippen LogP contribution in [0.2, 0.25) is 0 Å². The minimum absolute atomic E-state index is 0.0423. The summed E-state index contributed by atoms with van der Waals surface area (Å²) >= 11 is 0. The Kier molecular flexibility index (Phi) is 5.88. The minimum atomic E-state index is -0.0423. The van der Waals surface area contributed by atoms with Crippen molar-refractivity contribution >= 4 is 28.4 Å². The maximum absolute atomic E-state index is 12.7. The van der Waals surface area contributed by atoms with Crippen molar-refractivity contribution in [1.29, 1.82) is 0 Å². The summed E-state index contributed by atoms with van der Waals surface area (Å²) < 4.78 is 0. The van der Waals surface area contributed by atoms with Crippen molar-refractivity contribution < 1.29 is 9.59 Å². The molecule has 1 aromatic heterocycles. The van der Waals surface area contributed by atoms with E-state index in [1.54, 1.807) is 0 Å². The van der Waals surface area contributed by atoms with E-state index >= 15 is 0 Å². The number of hydrogen-bond donors (Lipinski definition) is 2. The number of fused-ring (bicyclic) bond motifs is 1. The summed E-state index contributed by atoms with van der Waals surface area (Å²) in [5, 5.41) is 4.23. The molecule has 2 aromatic carbocycles. The molecule has 3 aromatic rings. The molecular formula is C25H29N3O2. The molecule has 2 amide bonds. The summed E-state index contributed by atoms with van der Waals surface area (Å²) in [6.07, 6.45) is 2.30. The largest absolute Gasteiger partial charge is 0.355 e. The van der Waals surface area contributed by atoms with Crippen LogP contribution in [-0.2, 0) is 9.59 Å². The fraction of sp³-hybridized carbons (Fsp3) is 0.360. The van der Waals surface area contributed by atoms with Crippen LogP contribution in [0.25, 0.3) is 22.2 Å². The molecular weight excluding hydrogens is 374 g/mol. The molecule has 0 radical (unpaired) electrons. The van der Waals surface area contributed by atoms with E-state index in [1.807, 2.05) is 55.1 Å². The van der Waals surface area contributed by atoms with Crippen LogP contribution in [0.5, 0.6) is 0 Å². The summed E-state index contributed by atoms with van der Waals surface area (Å²) in [4.78, 5) is 30.4. The first-order valence-corrected chi connectivity index (χ1v) is 10.8. The molecule has 0 unspecified atom stereocenters. The zero-order valence-corrected chi connectivity index (χ0v) is 17.7. The van der Waals surface area contributed by atoms with Gasteiger partial charge in [-0.3, -0.25) is 9.59 Å². The SMILES string of the molecule is CC[C@@H](C)C(=O)N1CCC(C(=O)Nc2ccc(-c3cc4ccccc4[nH]3)cc2)CC1. The van der Waals surface area contributed by atoms with Crippen LogP contribution in [0.15, 0.2) is 54.6 Å². The van der Waals surface area contributed by atoms with Crippen molar-refractivity contribution in [2.45, 2.75) is 33.1 Å². The van der Waals surface area contributed by atoms with Crippen molar-refractivity contribution in [3.05, 3.63) is 54.6 Å². The van der Waals surface area contributed by atoms with Crippen molar-refractivity contribution in [3.8, 4) is 11.3 Å². The second-order valence-electron chi connectivity index (χ2n) is 8.25. The predicted octanol–water partition coefficient (Wildman–Crippen LogP) is 5.06. The molecule has 1 saturated heterocycles. The van der Waals surface area contributed by atoms with Gasteiger partial charge in [0.2, 0.25) is 11.8 Å². The summed E-state index contributed by atoms with van der Waals surface area (Å²) in [5.41, 5.74) is 4.06. The Hall–Kier alpha value is -3.08. The monoisotopic (exact) mass is 403 g/mol. The van der Waals surface area contributed by atoms with E-state index in [0.29, 0.717) is 13.1 Å². The van der Waals surface area contributed by atoms with Crippen LogP contribution in [0.4, 0.5) is 5.69 Å². The van der Waals surface area contributed by atoms with Gasteiger partial charge < -0.3 is 15.2 Å². The molecule has 30 heavy (non-hydrogen) atoms. The predicted molar refractivity (Wildman–Crippen MR) is 121 cm³/mol. The van der Waals surface area contributed by atoms with E-state index in [2.05, 4.69) is 28.5 Å². The van der Waals surface area contributed by atoms with Gasteiger partial charge in [0.25, 0.3) is 0 Å². The molecule has 156 valence electrons. The molecule has 1 fully saturated rings. The highest BCUT2D eigenvalue weighted by Gasteiger charge is 2.28. The van der Waals surface area contributed by atoms with Crippen molar-refractivity contribution in [2.24, 2.45) is 11.8 Å². The number of H-pyrrole nitrogens is 1. The highest BCUT2D eigenvalue weighted by molar-refractivity contribution is 5.93. The lowest BCUT2D eigenvalue weighted by molar-refractivity contribution is -0.138. The van der Waals surface area contributed by atoms with Crippen LogP contribution < -0.4 is 5.32 Å². The number of nitrogens with zero attached hydrogens (tertiary/aromatic N) is 1. The lowest BCUT2D eigenvalue weighted by Crippen LogP contribution is -2.43. The molecule has 2 heterocycles. The molecule has 1 aliphatic heterocycles. The number of hydrogen-bond acceptors (Lipinski definition) is 2. The van der Waals surface area contributed by atoms with E-state index in [1.165, 1.54) is 5.39 Å². The third kappa shape index (κ3) is 4.25. The topological polar surface area (TPSA) is 65.2 Å². The van der Waals surface area contributed by atoms with Crippen molar-refractivity contribution in [1.82, 2.24) is 9.88 Å². The summed E-state index contributed by atoms with van der Waals surface area (Å²) in [5.74, 6) is 0.276. The van der Waals surface area contributed by atoms with Gasteiger partial charge in [-0.1, -0.05) is 44.2 Å². The molecule has 5 nitrogen and oxygen atoms in total. The second kappa shape index (κ2) is 8.74. The Morgan fingerprint density at radius 2 is 1.80 bits per heavy atom. The average molecular weight is 404 g/mol. The molecule has 0 aliphatic carbocycles. The highest BCUT2D eigenvalue weighted by atomic mass is 16.2. The lowest BCUT2D eigenvalue weighted by Gasteiger charge is -2.32. The fourth-order valence-corrected chi connectivity index (χ4v) is 4.05. The standard InChI is InChI=1S/C25H29N3O2/c1-3-17(2)25(30)28-14-12-19(13-15-28)24(29)26-21-10-8-18(9-11-21)23-16-20-6-4-5-7-22(20)27-23/h4-11,16-17,19,27H,3,12-15H2,1-2H3,(H,26,29)/t17-/m1/s1. The Bertz CT molecular complexity index is 997. The van der Waals surface area contributed by atoms with E-state index in [9.17, 15) is 9.59 Å². The maximum atomic E-state index is 12.7. The Morgan fingerprint density at radius 3 is 2.47 bits per heavy atom. The number of likely N-dealkylation sites (tertiary alicyclic amines) is 1. The Balaban J connectivity index is 1.34. The molecule has 5 heteroatoms. The first kappa shape index (κ1) is 20.2. The van der Waals surface area contributed by atoms with Crippen LogP contribution >= 0.6 is 0 Å². The molecule has 4 rings (SSSR count).